The zero-order valence-corrected chi connectivity index (χ0v) is 16.2. The van der Waals surface area contributed by atoms with Gasteiger partial charge in [0.15, 0.2) is 0 Å². The molecule has 5 rings (SSSR count). The monoisotopic (exact) mass is 394 g/mol. The van der Waals surface area contributed by atoms with Crippen LogP contribution in [0, 0.1) is 0 Å². The molecule has 0 fully saturated rings. The Morgan fingerprint density at radius 3 is 2.40 bits per heavy atom. The van der Waals surface area contributed by atoms with Gasteiger partial charge >= 0.3 is 0 Å². The number of imidazole rings is 1. The van der Waals surface area contributed by atoms with Gasteiger partial charge < -0.3 is 9.72 Å². The molecule has 30 heavy (non-hydrogen) atoms. The van der Waals surface area contributed by atoms with Gasteiger partial charge in [0.1, 0.15) is 5.75 Å². The Kier molecular flexibility index (Phi) is 4.37. The fourth-order valence-corrected chi connectivity index (χ4v) is 3.46. The van der Waals surface area contributed by atoms with Crippen molar-refractivity contribution in [3.05, 3.63) is 84.4 Å². The van der Waals surface area contributed by atoms with Crippen molar-refractivity contribution in [1.82, 2.24) is 15.0 Å². The molecule has 1 amide bonds. The lowest BCUT2D eigenvalue weighted by molar-refractivity contribution is 0.102. The first-order valence-electron chi connectivity index (χ1n) is 9.51. The average Bonchev–Trinajstić information content (AvgIpc) is 3.20. The maximum atomic E-state index is 13.2. The zero-order valence-electron chi connectivity index (χ0n) is 16.2. The van der Waals surface area contributed by atoms with Crippen molar-refractivity contribution in [2.24, 2.45) is 0 Å². The van der Waals surface area contributed by atoms with Gasteiger partial charge in [-0.15, -0.1) is 0 Å². The van der Waals surface area contributed by atoms with Crippen LogP contribution in [0.5, 0.6) is 5.75 Å². The molecule has 0 saturated carbocycles. The number of nitrogens with one attached hydrogen (secondary N) is 2. The van der Waals surface area contributed by atoms with E-state index in [4.69, 9.17) is 9.72 Å². The summed E-state index contributed by atoms with van der Waals surface area (Å²) >= 11 is 0. The predicted molar refractivity (Wildman–Crippen MR) is 118 cm³/mol. The Labute approximate surface area is 172 Å². The highest BCUT2D eigenvalue weighted by Crippen LogP contribution is 2.27. The van der Waals surface area contributed by atoms with Crippen LogP contribution in [-0.4, -0.2) is 28.0 Å². The summed E-state index contributed by atoms with van der Waals surface area (Å²) in [7, 11) is 1.63. The molecule has 6 nitrogen and oxygen atoms in total. The number of aromatic nitrogens is 3. The van der Waals surface area contributed by atoms with E-state index in [1.807, 2.05) is 78.9 Å². The standard InChI is InChI=1S/C24H18N4O2/c1-30-16-12-10-15(11-13-16)22-14-18(17-6-2-3-7-19(17)25-22)23(29)28-24-26-20-8-4-5-9-21(20)27-24/h2-14H,1H3,(H2,26,27,28,29). The van der Waals surface area contributed by atoms with Gasteiger partial charge in [-0.2, -0.15) is 0 Å². The Balaban J connectivity index is 1.56. The van der Waals surface area contributed by atoms with Gasteiger partial charge in [-0.3, -0.25) is 10.1 Å². The number of rotatable bonds is 4. The summed E-state index contributed by atoms with van der Waals surface area (Å²) < 4.78 is 5.23. The number of fused-ring (bicyclic) bond motifs is 2. The van der Waals surface area contributed by atoms with Crippen LogP contribution in [-0.2, 0) is 0 Å². The number of carbonyl (C=O) groups excluding carboxylic acids is 1. The molecule has 0 aliphatic rings. The molecular formula is C24H18N4O2. The number of hydrogen-bond donors (Lipinski definition) is 2. The number of amides is 1. The molecule has 146 valence electrons. The van der Waals surface area contributed by atoms with Crippen LogP contribution >= 0.6 is 0 Å². The van der Waals surface area contributed by atoms with Gasteiger partial charge in [-0.05, 0) is 48.5 Å². The van der Waals surface area contributed by atoms with Crippen LogP contribution < -0.4 is 10.1 Å². The average molecular weight is 394 g/mol. The fourth-order valence-electron chi connectivity index (χ4n) is 3.46. The summed E-state index contributed by atoms with van der Waals surface area (Å²) in [6, 6.07) is 24.7. The molecule has 6 heteroatoms. The molecule has 0 aliphatic carbocycles. The van der Waals surface area contributed by atoms with Crippen LogP contribution in [0.2, 0.25) is 0 Å². The molecule has 0 spiro atoms. The lowest BCUT2D eigenvalue weighted by atomic mass is 10.0. The second-order valence-corrected chi connectivity index (χ2v) is 6.86. The fraction of sp³-hybridized carbons (Fsp3) is 0.0417. The normalized spacial score (nSPS) is 11.0. The van der Waals surface area contributed by atoms with E-state index in [1.54, 1.807) is 7.11 Å². The topological polar surface area (TPSA) is 79.9 Å². The molecular weight excluding hydrogens is 376 g/mol. The second-order valence-electron chi connectivity index (χ2n) is 6.86. The molecule has 0 unspecified atom stereocenters. The van der Waals surface area contributed by atoms with Crippen LogP contribution in [0.1, 0.15) is 10.4 Å². The number of nitrogens with zero attached hydrogens (tertiary/aromatic N) is 2. The van der Waals surface area contributed by atoms with Gasteiger partial charge in [0.25, 0.3) is 5.91 Å². The maximum absolute atomic E-state index is 13.2. The molecule has 0 bridgehead atoms. The van der Waals surface area contributed by atoms with E-state index >= 15 is 0 Å². The quantitative estimate of drug-likeness (QED) is 0.448. The van der Waals surface area contributed by atoms with Crippen molar-refractivity contribution in [3.63, 3.8) is 0 Å². The number of ether oxygens (including phenoxy) is 1. The Morgan fingerprint density at radius 1 is 0.900 bits per heavy atom. The first-order valence-corrected chi connectivity index (χ1v) is 9.51. The molecule has 0 atom stereocenters. The number of aromatic amines is 1. The molecule has 3 aromatic carbocycles. The van der Waals surface area contributed by atoms with Gasteiger partial charge in [0.2, 0.25) is 5.95 Å². The lowest BCUT2D eigenvalue weighted by Crippen LogP contribution is -2.14. The molecule has 2 N–H and O–H groups in total. The molecule has 0 aliphatic heterocycles. The number of pyridine rings is 1. The van der Waals surface area contributed by atoms with Crippen molar-refractivity contribution in [2.75, 3.05) is 12.4 Å². The molecule has 5 aromatic rings. The number of para-hydroxylation sites is 3. The third kappa shape index (κ3) is 3.24. The van der Waals surface area contributed by atoms with Crippen molar-refractivity contribution in [2.45, 2.75) is 0 Å². The van der Waals surface area contributed by atoms with Crippen LogP contribution in [0.4, 0.5) is 5.95 Å². The largest absolute Gasteiger partial charge is 0.497 e. The third-order valence-electron chi connectivity index (χ3n) is 4.97. The first kappa shape index (κ1) is 17.9. The summed E-state index contributed by atoms with van der Waals surface area (Å²) in [5.74, 6) is 0.929. The number of benzene rings is 3. The van der Waals surface area contributed by atoms with E-state index in [0.29, 0.717) is 17.2 Å². The minimum atomic E-state index is -0.248. The van der Waals surface area contributed by atoms with E-state index in [9.17, 15) is 4.79 Å². The minimum absolute atomic E-state index is 0.248. The number of hydrogen-bond acceptors (Lipinski definition) is 4. The lowest BCUT2D eigenvalue weighted by Gasteiger charge is -2.10. The number of anilines is 1. The zero-order chi connectivity index (χ0) is 20.5. The molecule has 2 heterocycles. The SMILES string of the molecule is COc1ccc(-c2cc(C(=O)Nc3nc4ccccc4[nH]3)c3ccccc3n2)cc1. The van der Waals surface area contributed by atoms with Crippen molar-refractivity contribution < 1.29 is 9.53 Å². The Morgan fingerprint density at radius 2 is 1.63 bits per heavy atom. The summed E-state index contributed by atoms with van der Waals surface area (Å²) in [6.45, 7) is 0. The summed E-state index contributed by atoms with van der Waals surface area (Å²) in [5, 5.41) is 3.66. The van der Waals surface area contributed by atoms with Gasteiger partial charge in [0.05, 0.1) is 34.9 Å². The van der Waals surface area contributed by atoms with Crippen molar-refractivity contribution >= 4 is 33.8 Å². The van der Waals surface area contributed by atoms with Crippen LogP contribution in [0.3, 0.4) is 0 Å². The molecule has 0 radical (unpaired) electrons. The predicted octanol–water partition coefficient (Wildman–Crippen LogP) is 5.04. The van der Waals surface area contributed by atoms with Crippen LogP contribution in [0.25, 0.3) is 33.2 Å². The first-order chi connectivity index (χ1) is 14.7. The van der Waals surface area contributed by atoms with Gasteiger partial charge in [-0.1, -0.05) is 30.3 Å². The third-order valence-corrected chi connectivity index (χ3v) is 4.97. The summed E-state index contributed by atoms with van der Waals surface area (Å²) in [4.78, 5) is 25.5. The van der Waals surface area contributed by atoms with E-state index < -0.39 is 0 Å². The smallest absolute Gasteiger partial charge is 0.258 e. The Bertz CT molecular complexity index is 1340. The second kappa shape index (κ2) is 7.33. The van der Waals surface area contributed by atoms with Crippen molar-refractivity contribution in [1.29, 1.82) is 0 Å². The van der Waals surface area contributed by atoms with E-state index in [-0.39, 0.29) is 5.91 Å². The van der Waals surface area contributed by atoms with Gasteiger partial charge in [0, 0.05) is 10.9 Å². The molecule has 0 saturated heterocycles. The maximum Gasteiger partial charge on any atom is 0.258 e. The van der Waals surface area contributed by atoms with Crippen molar-refractivity contribution in [3.8, 4) is 17.0 Å². The van der Waals surface area contributed by atoms with E-state index in [0.717, 1.165) is 33.2 Å². The number of methoxy groups -OCH3 is 1. The Hall–Kier alpha value is -4.19. The highest BCUT2D eigenvalue weighted by Gasteiger charge is 2.15. The minimum Gasteiger partial charge on any atom is -0.497 e. The summed E-state index contributed by atoms with van der Waals surface area (Å²) in [6.07, 6.45) is 0. The highest BCUT2D eigenvalue weighted by atomic mass is 16.5. The summed E-state index contributed by atoms with van der Waals surface area (Å²) in [5.41, 5.74) is 4.57. The molecule has 2 aromatic heterocycles. The van der Waals surface area contributed by atoms with Crippen LogP contribution in [0.15, 0.2) is 78.9 Å². The van der Waals surface area contributed by atoms with Gasteiger partial charge in [-0.25, -0.2) is 9.97 Å². The van der Waals surface area contributed by atoms with E-state index in [2.05, 4.69) is 15.3 Å². The number of carbonyl (C=O) groups is 1. The van der Waals surface area contributed by atoms with E-state index in [1.165, 1.54) is 0 Å². The highest BCUT2D eigenvalue weighted by molar-refractivity contribution is 6.12. The number of H-pyrrole nitrogens is 1.